The van der Waals surface area contributed by atoms with Crippen LogP contribution in [0.3, 0.4) is 0 Å². The molecule has 2 rings (SSSR count). The van der Waals surface area contributed by atoms with Crippen molar-refractivity contribution >= 4 is 17.6 Å². The van der Waals surface area contributed by atoms with Crippen LogP contribution in [-0.4, -0.2) is 31.7 Å². The highest BCUT2D eigenvalue weighted by Gasteiger charge is 2.24. The van der Waals surface area contributed by atoms with E-state index in [9.17, 15) is 24.8 Å². The van der Waals surface area contributed by atoms with E-state index in [2.05, 4.69) is 10.4 Å². The first kappa shape index (κ1) is 20.1. The molecule has 0 bridgehead atoms. The molecule has 1 heterocycles. The minimum absolute atomic E-state index is 0.0479. The number of amides is 1. The standard InChI is InChI=1S/C18H22N4O5/c1-10-5-6-14(9-11(10)2)16(18(24)25)19-15(23)7-8-21-13(4)17(22(26)27)12(3)20-21/h5-6,9,16H,7-8H2,1-4H3,(H,19,23)(H,24,25). The molecule has 0 spiro atoms. The van der Waals surface area contributed by atoms with Crippen molar-refractivity contribution in [1.82, 2.24) is 15.1 Å². The van der Waals surface area contributed by atoms with E-state index in [1.807, 2.05) is 19.9 Å². The minimum atomic E-state index is -1.16. The molecule has 0 radical (unpaired) electrons. The van der Waals surface area contributed by atoms with Gasteiger partial charge in [-0.2, -0.15) is 5.10 Å². The van der Waals surface area contributed by atoms with E-state index in [0.29, 0.717) is 11.3 Å². The van der Waals surface area contributed by atoms with Gasteiger partial charge in [-0.25, -0.2) is 4.79 Å². The maximum atomic E-state index is 12.2. The first-order valence-electron chi connectivity index (χ1n) is 8.39. The van der Waals surface area contributed by atoms with Gasteiger partial charge in [0.2, 0.25) is 5.91 Å². The highest BCUT2D eigenvalue weighted by molar-refractivity contribution is 5.84. The van der Waals surface area contributed by atoms with Crippen LogP contribution >= 0.6 is 0 Å². The fourth-order valence-electron chi connectivity index (χ4n) is 2.84. The average Bonchev–Trinajstić information content (AvgIpc) is 2.87. The normalized spacial score (nSPS) is 11.9. The third kappa shape index (κ3) is 4.49. The smallest absolute Gasteiger partial charge is 0.330 e. The molecule has 27 heavy (non-hydrogen) atoms. The van der Waals surface area contributed by atoms with Crippen molar-refractivity contribution in [2.45, 2.75) is 46.7 Å². The monoisotopic (exact) mass is 374 g/mol. The van der Waals surface area contributed by atoms with Crippen molar-refractivity contribution in [3.63, 3.8) is 0 Å². The van der Waals surface area contributed by atoms with E-state index in [4.69, 9.17) is 0 Å². The lowest BCUT2D eigenvalue weighted by atomic mass is 10.0. The van der Waals surface area contributed by atoms with Crippen molar-refractivity contribution in [3.05, 3.63) is 56.4 Å². The van der Waals surface area contributed by atoms with Gasteiger partial charge in [-0.1, -0.05) is 18.2 Å². The van der Waals surface area contributed by atoms with Crippen molar-refractivity contribution < 1.29 is 19.6 Å². The van der Waals surface area contributed by atoms with Crippen LogP contribution in [0.15, 0.2) is 18.2 Å². The van der Waals surface area contributed by atoms with Crippen LogP contribution in [0.25, 0.3) is 0 Å². The second-order valence-corrected chi connectivity index (χ2v) is 6.43. The number of nitrogens with zero attached hydrogens (tertiary/aromatic N) is 3. The highest BCUT2D eigenvalue weighted by atomic mass is 16.6. The van der Waals surface area contributed by atoms with Crippen LogP contribution in [0.5, 0.6) is 0 Å². The van der Waals surface area contributed by atoms with Gasteiger partial charge in [0.1, 0.15) is 11.4 Å². The number of hydrogen-bond donors (Lipinski definition) is 2. The van der Waals surface area contributed by atoms with Crippen LogP contribution in [0.4, 0.5) is 5.69 Å². The molecule has 2 N–H and O–H groups in total. The predicted molar refractivity (Wildman–Crippen MR) is 97.4 cm³/mol. The predicted octanol–water partition coefficient (Wildman–Crippen LogP) is 2.36. The van der Waals surface area contributed by atoms with Crippen LogP contribution in [-0.2, 0) is 16.1 Å². The number of aromatic nitrogens is 2. The number of rotatable bonds is 7. The lowest BCUT2D eigenvalue weighted by molar-refractivity contribution is -0.386. The molecular weight excluding hydrogens is 352 g/mol. The molecule has 0 saturated heterocycles. The van der Waals surface area contributed by atoms with Crippen molar-refractivity contribution in [1.29, 1.82) is 0 Å². The Bertz CT molecular complexity index is 903. The molecular formula is C18H22N4O5. The Kier molecular flexibility index (Phi) is 5.94. The van der Waals surface area contributed by atoms with E-state index < -0.39 is 22.8 Å². The van der Waals surface area contributed by atoms with Gasteiger partial charge in [-0.05, 0) is 44.4 Å². The Hall–Kier alpha value is -3.23. The number of aliphatic carboxylic acids is 1. The molecule has 0 aliphatic carbocycles. The Morgan fingerprint density at radius 1 is 1.26 bits per heavy atom. The van der Waals surface area contributed by atoms with Gasteiger partial charge in [-0.3, -0.25) is 19.6 Å². The fourth-order valence-corrected chi connectivity index (χ4v) is 2.84. The van der Waals surface area contributed by atoms with Gasteiger partial charge < -0.3 is 10.4 Å². The van der Waals surface area contributed by atoms with E-state index >= 15 is 0 Å². The van der Waals surface area contributed by atoms with Gasteiger partial charge in [-0.15, -0.1) is 0 Å². The number of carboxylic acid groups (broad SMARTS) is 1. The van der Waals surface area contributed by atoms with Gasteiger partial charge in [0.05, 0.1) is 11.5 Å². The number of aryl methyl sites for hydroxylation is 4. The number of nitrogens with one attached hydrogen (secondary N) is 1. The van der Waals surface area contributed by atoms with Gasteiger partial charge in [0.25, 0.3) is 0 Å². The Labute approximate surface area is 156 Å². The highest BCUT2D eigenvalue weighted by Crippen LogP contribution is 2.22. The molecule has 1 amide bonds. The Morgan fingerprint density at radius 3 is 2.44 bits per heavy atom. The first-order valence-corrected chi connectivity index (χ1v) is 8.39. The molecule has 1 unspecified atom stereocenters. The third-order valence-corrected chi connectivity index (χ3v) is 4.49. The SMILES string of the molecule is Cc1ccc(C(NC(=O)CCn2nc(C)c([N+](=O)[O-])c2C)C(=O)O)cc1C. The summed E-state index contributed by atoms with van der Waals surface area (Å²) in [4.78, 5) is 34.3. The van der Waals surface area contributed by atoms with Crippen LogP contribution in [0, 0.1) is 37.8 Å². The number of nitro groups is 1. The van der Waals surface area contributed by atoms with Crippen molar-refractivity contribution in [2.75, 3.05) is 0 Å². The molecule has 9 nitrogen and oxygen atoms in total. The van der Waals surface area contributed by atoms with E-state index in [1.54, 1.807) is 19.1 Å². The summed E-state index contributed by atoms with van der Waals surface area (Å²) >= 11 is 0. The van der Waals surface area contributed by atoms with Crippen LogP contribution in [0.1, 0.15) is 40.5 Å². The van der Waals surface area contributed by atoms with Crippen LogP contribution in [0.2, 0.25) is 0 Å². The summed E-state index contributed by atoms with van der Waals surface area (Å²) < 4.78 is 1.39. The summed E-state index contributed by atoms with van der Waals surface area (Å²) in [6.45, 7) is 7.00. The molecule has 2 aromatic rings. The van der Waals surface area contributed by atoms with Gasteiger partial charge in [0.15, 0.2) is 6.04 Å². The molecule has 0 saturated carbocycles. The van der Waals surface area contributed by atoms with Gasteiger partial charge in [0, 0.05) is 6.42 Å². The zero-order valence-electron chi connectivity index (χ0n) is 15.6. The number of benzene rings is 1. The quantitative estimate of drug-likeness (QED) is 0.566. The molecule has 144 valence electrons. The second-order valence-electron chi connectivity index (χ2n) is 6.43. The van der Waals surface area contributed by atoms with E-state index in [1.165, 1.54) is 11.6 Å². The van der Waals surface area contributed by atoms with Crippen molar-refractivity contribution in [2.24, 2.45) is 0 Å². The molecule has 0 aliphatic heterocycles. The molecule has 0 aliphatic rings. The molecule has 1 aromatic carbocycles. The maximum absolute atomic E-state index is 12.2. The summed E-state index contributed by atoms with van der Waals surface area (Å²) in [5.41, 5.74) is 3.00. The van der Waals surface area contributed by atoms with Crippen LogP contribution < -0.4 is 5.32 Å². The fraction of sp³-hybridized carbons (Fsp3) is 0.389. The first-order chi connectivity index (χ1) is 12.6. The number of carbonyl (C=O) groups is 2. The summed E-state index contributed by atoms with van der Waals surface area (Å²) in [6.07, 6.45) is -0.0479. The topological polar surface area (TPSA) is 127 Å². The summed E-state index contributed by atoms with van der Waals surface area (Å²) in [5, 5.41) is 27.1. The summed E-state index contributed by atoms with van der Waals surface area (Å²) in [5.74, 6) is -1.64. The molecule has 1 aromatic heterocycles. The maximum Gasteiger partial charge on any atom is 0.330 e. The van der Waals surface area contributed by atoms with Gasteiger partial charge >= 0.3 is 11.7 Å². The number of carboxylic acids is 1. The number of carbonyl (C=O) groups excluding carboxylic acids is 1. The Morgan fingerprint density at radius 2 is 1.93 bits per heavy atom. The lowest BCUT2D eigenvalue weighted by Gasteiger charge is -2.16. The average molecular weight is 374 g/mol. The minimum Gasteiger partial charge on any atom is -0.479 e. The van der Waals surface area contributed by atoms with E-state index in [0.717, 1.165) is 11.1 Å². The Balaban J connectivity index is 2.09. The third-order valence-electron chi connectivity index (χ3n) is 4.49. The largest absolute Gasteiger partial charge is 0.479 e. The molecule has 9 heteroatoms. The molecule has 0 fully saturated rings. The zero-order chi connectivity index (χ0) is 20.3. The summed E-state index contributed by atoms with van der Waals surface area (Å²) in [7, 11) is 0. The summed E-state index contributed by atoms with van der Waals surface area (Å²) in [6, 6.07) is 4.05. The second kappa shape index (κ2) is 7.98. The zero-order valence-corrected chi connectivity index (χ0v) is 15.6. The van der Waals surface area contributed by atoms with Crippen molar-refractivity contribution in [3.8, 4) is 0 Å². The van der Waals surface area contributed by atoms with E-state index in [-0.39, 0.29) is 24.3 Å². The lowest BCUT2D eigenvalue weighted by Crippen LogP contribution is -2.34. The number of hydrogen-bond acceptors (Lipinski definition) is 5. The molecule has 1 atom stereocenters.